The predicted molar refractivity (Wildman–Crippen MR) is 90.6 cm³/mol. The Morgan fingerprint density at radius 1 is 1.22 bits per heavy atom. The maximum atomic E-state index is 12.2. The average Bonchev–Trinajstić information content (AvgIpc) is 3.10. The van der Waals surface area contributed by atoms with E-state index >= 15 is 0 Å². The molecule has 3 rings (SSSR count). The summed E-state index contributed by atoms with van der Waals surface area (Å²) in [6.45, 7) is 5.69. The van der Waals surface area contributed by atoms with Crippen molar-refractivity contribution >= 4 is 22.4 Å². The summed E-state index contributed by atoms with van der Waals surface area (Å²) in [6, 6.07) is 8.15. The number of anilines is 1. The Bertz CT molecular complexity index is 814. The Morgan fingerprint density at radius 3 is 2.61 bits per heavy atom. The van der Waals surface area contributed by atoms with Crippen molar-refractivity contribution in [3.05, 3.63) is 52.2 Å². The lowest BCUT2D eigenvalue weighted by Crippen LogP contribution is -2.15. The van der Waals surface area contributed by atoms with Crippen LogP contribution < -0.4 is 5.32 Å². The number of amides is 1. The second-order valence-corrected chi connectivity index (χ2v) is 6.29. The molecule has 23 heavy (non-hydrogen) atoms. The van der Waals surface area contributed by atoms with Crippen LogP contribution in [0.15, 0.2) is 34.2 Å². The van der Waals surface area contributed by atoms with Gasteiger partial charge in [0, 0.05) is 16.5 Å². The number of nitrogens with zero attached hydrogens (tertiary/aromatic N) is 2. The van der Waals surface area contributed by atoms with E-state index in [0.29, 0.717) is 10.9 Å². The molecule has 2 heterocycles. The van der Waals surface area contributed by atoms with Crippen LogP contribution in [-0.4, -0.2) is 16.0 Å². The molecule has 0 radical (unpaired) electrons. The Balaban J connectivity index is 1.69. The van der Waals surface area contributed by atoms with Crippen molar-refractivity contribution in [1.82, 2.24) is 10.1 Å². The van der Waals surface area contributed by atoms with Crippen molar-refractivity contribution in [3.8, 4) is 11.3 Å². The van der Waals surface area contributed by atoms with Crippen LogP contribution in [0.3, 0.4) is 0 Å². The SMILES string of the molecule is Cc1ccc(-c2csc(NC(=O)Cc3c(C)noc3C)n2)cc1. The first kappa shape index (κ1) is 15.4. The summed E-state index contributed by atoms with van der Waals surface area (Å²) in [4.78, 5) is 16.6. The summed E-state index contributed by atoms with van der Waals surface area (Å²) < 4.78 is 5.07. The first-order chi connectivity index (χ1) is 11.0. The van der Waals surface area contributed by atoms with Gasteiger partial charge in [0.05, 0.1) is 17.8 Å². The zero-order valence-electron chi connectivity index (χ0n) is 13.2. The molecule has 0 saturated heterocycles. The van der Waals surface area contributed by atoms with Crippen LogP contribution in [0, 0.1) is 20.8 Å². The second-order valence-electron chi connectivity index (χ2n) is 5.43. The molecule has 1 N–H and O–H groups in total. The summed E-state index contributed by atoms with van der Waals surface area (Å²) in [5.74, 6) is 0.557. The van der Waals surface area contributed by atoms with Crippen molar-refractivity contribution in [2.75, 3.05) is 5.32 Å². The molecule has 2 aromatic heterocycles. The molecule has 6 heteroatoms. The molecule has 3 aromatic rings. The van der Waals surface area contributed by atoms with Crippen molar-refractivity contribution < 1.29 is 9.32 Å². The molecule has 0 spiro atoms. The Kier molecular flexibility index (Phi) is 4.25. The van der Waals surface area contributed by atoms with Gasteiger partial charge in [-0.25, -0.2) is 4.98 Å². The number of benzene rings is 1. The molecule has 0 atom stereocenters. The van der Waals surface area contributed by atoms with E-state index < -0.39 is 0 Å². The summed E-state index contributed by atoms with van der Waals surface area (Å²) in [7, 11) is 0. The fraction of sp³-hybridized carbons (Fsp3) is 0.235. The van der Waals surface area contributed by atoms with Crippen LogP contribution in [-0.2, 0) is 11.2 Å². The quantitative estimate of drug-likeness (QED) is 0.789. The van der Waals surface area contributed by atoms with Gasteiger partial charge < -0.3 is 9.84 Å². The number of rotatable bonds is 4. The monoisotopic (exact) mass is 327 g/mol. The van der Waals surface area contributed by atoms with E-state index in [9.17, 15) is 4.79 Å². The Hall–Kier alpha value is -2.47. The van der Waals surface area contributed by atoms with E-state index in [1.165, 1.54) is 16.9 Å². The van der Waals surface area contributed by atoms with E-state index in [0.717, 1.165) is 22.5 Å². The van der Waals surface area contributed by atoms with E-state index in [4.69, 9.17) is 4.52 Å². The van der Waals surface area contributed by atoms with Gasteiger partial charge in [-0.2, -0.15) is 0 Å². The highest BCUT2D eigenvalue weighted by molar-refractivity contribution is 7.14. The normalized spacial score (nSPS) is 10.7. The third kappa shape index (κ3) is 3.48. The van der Waals surface area contributed by atoms with Crippen LogP contribution in [0.25, 0.3) is 11.3 Å². The molecule has 1 aromatic carbocycles. The Morgan fingerprint density at radius 2 is 1.96 bits per heavy atom. The van der Waals surface area contributed by atoms with E-state index in [2.05, 4.69) is 15.5 Å². The number of hydrogen-bond acceptors (Lipinski definition) is 5. The van der Waals surface area contributed by atoms with Crippen molar-refractivity contribution in [1.29, 1.82) is 0 Å². The van der Waals surface area contributed by atoms with E-state index in [-0.39, 0.29) is 12.3 Å². The fourth-order valence-corrected chi connectivity index (χ4v) is 3.00. The number of carbonyl (C=O) groups excluding carboxylic acids is 1. The minimum absolute atomic E-state index is 0.121. The molecular formula is C17H17N3O2S. The second kappa shape index (κ2) is 6.34. The number of aryl methyl sites for hydroxylation is 3. The molecule has 0 saturated carbocycles. The van der Waals surface area contributed by atoms with Crippen LogP contribution in [0.4, 0.5) is 5.13 Å². The minimum atomic E-state index is -0.121. The number of thiazole rings is 1. The largest absolute Gasteiger partial charge is 0.361 e. The lowest BCUT2D eigenvalue weighted by molar-refractivity contribution is -0.115. The predicted octanol–water partition coefficient (Wildman–Crippen LogP) is 3.90. The highest BCUT2D eigenvalue weighted by atomic mass is 32.1. The third-order valence-corrected chi connectivity index (χ3v) is 4.37. The van der Waals surface area contributed by atoms with E-state index in [1.54, 1.807) is 0 Å². The van der Waals surface area contributed by atoms with Gasteiger partial charge >= 0.3 is 0 Å². The molecule has 0 aliphatic rings. The van der Waals surface area contributed by atoms with Crippen LogP contribution in [0.2, 0.25) is 0 Å². The molecule has 5 nitrogen and oxygen atoms in total. The lowest BCUT2D eigenvalue weighted by Gasteiger charge is -2.01. The highest BCUT2D eigenvalue weighted by Crippen LogP contribution is 2.25. The summed E-state index contributed by atoms with van der Waals surface area (Å²) >= 11 is 1.42. The molecular weight excluding hydrogens is 310 g/mol. The van der Waals surface area contributed by atoms with Gasteiger partial charge in [0.2, 0.25) is 5.91 Å². The smallest absolute Gasteiger partial charge is 0.230 e. The van der Waals surface area contributed by atoms with Gasteiger partial charge in [0.1, 0.15) is 5.76 Å². The molecule has 118 valence electrons. The van der Waals surface area contributed by atoms with E-state index in [1.807, 2.05) is 50.4 Å². The van der Waals surface area contributed by atoms with Crippen LogP contribution in [0.5, 0.6) is 0 Å². The van der Waals surface area contributed by atoms with Crippen molar-refractivity contribution in [2.45, 2.75) is 27.2 Å². The number of carbonyl (C=O) groups is 1. The lowest BCUT2D eigenvalue weighted by atomic mass is 10.1. The first-order valence-corrected chi connectivity index (χ1v) is 8.15. The maximum Gasteiger partial charge on any atom is 0.230 e. The molecule has 0 aliphatic heterocycles. The fourth-order valence-electron chi connectivity index (χ4n) is 2.27. The number of nitrogens with one attached hydrogen (secondary N) is 1. The molecule has 0 bridgehead atoms. The van der Waals surface area contributed by atoms with Gasteiger partial charge in [0.15, 0.2) is 5.13 Å². The van der Waals surface area contributed by atoms with Gasteiger partial charge in [-0.05, 0) is 20.8 Å². The minimum Gasteiger partial charge on any atom is -0.361 e. The summed E-state index contributed by atoms with van der Waals surface area (Å²) in [5.41, 5.74) is 4.69. The molecule has 0 unspecified atom stereocenters. The topological polar surface area (TPSA) is 68.0 Å². The van der Waals surface area contributed by atoms with Crippen LogP contribution in [0.1, 0.15) is 22.6 Å². The van der Waals surface area contributed by atoms with Gasteiger partial charge in [-0.15, -0.1) is 11.3 Å². The number of aromatic nitrogens is 2. The average molecular weight is 327 g/mol. The van der Waals surface area contributed by atoms with Gasteiger partial charge in [-0.1, -0.05) is 35.0 Å². The standard InChI is InChI=1S/C17H17N3O2S/c1-10-4-6-13(7-5-10)15-9-23-17(18-15)19-16(21)8-14-11(2)20-22-12(14)3/h4-7,9H,8H2,1-3H3,(H,18,19,21). The molecule has 0 aliphatic carbocycles. The highest BCUT2D eigenvalue weighted by Gasteiger charge is 2.14. The number of hydrogen-bond donors (Lipinski definition) is 1. The third-order valence-electron chi connectivity index (χ3n) is 3.62. The zero-order valence-corrected chi connectivity index (χ0v) is 14.0. The summed E-state index contributed by atoms with van der Waals surface area (Å²) in [5, 5.41) is 9.23. The van der Waals surface area contributed by atoms with Crippen molar-refractivity contribution in [3.63, 3.8) is 0 Å². The zero-order chi connectivity index (χ0) is 16.4. The summed E-state index contributed by atoms with van der Waals surface area (Å²) in [6.07, 6.45) is 0.237. The van der Waals surface area contributed by atoms with Crippen molar-refractivity contribution in [2.24, 2.45) is 0 Å². The molecule has 1 amide bonds. The van der Waals surface area contributed by atoms with Gasteiger partial charge in [-0.3, -0.25) is 4.79 Å². The first-order valence-electron chi connectivity index (χ1n) is 7.27. The van der Waals surface area contributed by atoms with Crippen LogP contribution >= 0.6 is 11.3 Å². The van der Waals surface area contributed by atoms with Gasteiger partial charge in [0.25, 0.3) is 0 Å². The molecule has 0 fully saturated rings. The Labute approximate surface area is 138 Å². The maximum absolute atomic E-state index is 12.2.